The van der Waals surface area contributed by atoms with Crippen LogP contribution >= 0.6 is 22.9 Å². The first-order valence-electron chi connectivity index (χ1n) is 6.13. The molecule has 0 unspecified atom stereocenters. The van der Waals surface area contributed by atoms with Crippen molar-refractivity contribution in [2.24, 2.45) is 0 Å². The van der Waals surface area contributed by atoms with E-state index < -0.39 is 0 Å². The van der Waals surface area contributed by atoms with Crippen molar-refractivity contribution in [2.75, 3.05) is 11.9 Å². The lowest BCUT2D eigenvalue weighted by Crippen LogP contribution is -2.02. The Bertz CT molecular complexity index is 522. The van der Waals surface area contributed by atoms with Gasteiger partial charge in [-0.1, -0.05) is 11.6 Å². The number of thiophene rings is 1. The van der Waals surface area contributed by atoms with E-state index in [1.807, 2.05) is 6.07 Å². The summed E-state index contributed by atoms with van der Waals surface area (Å²) in [5.41, 5.74) is 2.38. The van der Waals surface area contributed by atoms with E-state index in [9.17, 15) is 0 Å². The second-order valence-corrected chi connectivity index (χ2v) is 6.06. The lowest BCUT2D eigenvalue weighted by atomic mass is 10.1. The summed E-state index contributed by atoms with van der Waals surface area (Å²) in [5, 5.41) is 3.26. The highest BCUT2D eigenvalue weighted by Crippen LogP contribution is 2.22. The summed E-state index contributed by atoms with van der Waals surface area (Å²) in [7, 11) is 0. The number of rotatable bonds is 5. The molecule has 2 rings (SSSR count). The van der Waals surface area contributed by atoms with E-state index in [0.29, 0.717) is 0 Å². The molecule has 0 fully saturated rings. The molecule has 1 N–H and O–H groups in total. The standard InChI is InChI=1S/C14H17ClN2S/c1-3-16-14-9-10(2)8-11(17-14)4-5-12-6-7-13(15)18-12/h6-9H,3-5H2,1-2H3,(H,16,17). The van der Waals surface area contributed by atoms with Gasteiger partial charge in [0, 0.05) is 17.1 Å². The SMILES string of the molecule is CCNc1cc(C)cc(CCc2ccc(Cl)s2)n1. The molecule has 2 nitrogen and oxygen atoms in total. The predicted molar refractivity (Wildman–Crippen MR) is 79.9 cm³/mol. The zero-order valence-electron chi connectivity index (χ0n) is 10.7. The van der Waals surface area contributed by atoms with Gasteiger partial charge < -0.3 is 5.32 Å². The molecule has 0 saturated carbocycles. The van der Waals surface area contributed by atoms with Crippen LogP contribution in [0.15, 0.2) is 24.3 Å². The van der Waals surface area contributed by atoms with E-state index in [2.05, 4.69) is 42.3 Å². The first kappa shape index (κ1) is 13.4. The fourth-order valence-corrected chi connectivity index (χ4v) is 2.96. The third kappa shape index (κ3) is 3.72. The molecule has 0 saturated heterocycles. The van der Waals surface area contributed by atoms with Gasteiger partial charge in [0.25, 0.3) is 0 Å². The molecule has 0 aliphatic rings. The van der Waals surface area contributed by atoms with E-state index in [-0.39, 0.29) is 0 Å². The Labute approximate surface area is 117 Å². The maximum atomic E-state index is 5.93. The minimum atomic E-state index is 0.857. The van der Waals surface area contributed by atoms with Gasteiger partial charge in [0.2, 0.25) is 0 Å². The lowest BCUT2D eigenvalue weighted by Gasteiger charge is -2.07. The van der Waals surface area contributed by atoms with Gasteiger partial charge in [-0.05, 0) is 56.5 Å². The first-order chi connectivity index (χ1) is 8.67. The van der Waals surface area contributed by atoms with Gasteiger partial charge in [-0.2, -0.15) is 0 Å². The van der Waals surface area contributed by atoms with Crippen LogP contribution in [0.25, 0.3) is 0 Å². The Morgan fingerprint density at radius 3 is 2.78 bits per heavy atom. The van der Waals surface area contributed by atoms with Crippen LogP contribution in [-0.2, 0) is 12.8 Å². The second-order valence-electron chi connectivity index (χ2n) is 4.26. The lowest BCUT2D eigenvalue weighted by molar-refractivity contribution is 0.923. The van der Waals surface area contributed by atoms with Crippen LogP contribution in [0.2, 0.25) is 4.34 Å². The Morgan fingerprint density at radius 2 is 2.11 bits per heavy atom. The van der Waals surface area contributed by atoms with Crippen LogP contribution in [0.5, 0.6) is 0 Å². The third-order valence-corrected chi connectivity index (χ3v) is 3.93. The minimum absolute atomic E-state index is 0.857. The quantitative estimate of drug-likeness (QED) is 0.882. The summed E-state index contributed by atoms with van der Waals surface area (Å²) >= 11 is 7.57. The van der Waals surface area contributed by atoms with Gasteiger partial charge in [-0.15, -0.1) is 11.3 Å². The number of anilines is 1. The van der Waals surface area contributed by atoms with Gasteiger partial charge in [-0.3, -0.25) is 0 Å². The number of halogens is 1. The van der Waals surface area contributed by atoms with Crippen molar-refractivity contribution in [1.82, 2.24) is 4.98 Å². The number of aryl methyl sites for hydroxylation is 3. The average molecular weight is 281 g/mol. The fourth-order valence-electron chi connectivity index (χ4n) is 1.88. The maximum Gasteiger partial charge on any atom is 0.126 e. The van der Waals surface area contributed by atoms with E-state index in [4.69, 9.17) is 11.6 Å². The van der Waals surface area contributed by atoms with Crippen LogP contribution in [0.4, 0.5) is 5.82 Å². The highest BCUT2D eigenvalue weighted by Gasteiger charge is 2.03. The normalized spacial score (nSPS) is 10.6. The Kier molecular flexibility index (Phi) is 4.61. The van der Waals surface area contributed by atoms with Crippen LogP contribution in [0.3, 0.4) is 0 Å². The van der Waals surface area contributed by atoms with Gasteiger partial charge in [0.15, 0.2) is 0 Å². The van der Waals surface area contributed by atoms with Crippen molar-refractivity contribution in [3.8, 4) is 0 Å². The zero-order chi connectivity index (χ0) is 13.0. The molecule has 0 bridgehead atoms. The van der Waals surface area contributed by atoms with Gasteiger partial charge in [0.05, 0.1) is 4.34 Å². The van der Waals surface area contributed by atoms with Gasteiger partial charge >= 0.3 is 0 Å². The molecule has 2 heterocycles. The summed E-state index contributed by atoms with van der Waals surface area (Å²) < 4.78 is 0.857. The molecular formula is C14H17ClN2S. The van der Waals surface area contributed by atoms with Crippen molar-refractivity contribution in [3.63, 3.8) is 0 Å². The van der Waals surface area contributed by atoms with Crippen LogP contribution in [-0.4, -0.2) is 11.5 Å². The molecule has 0 aliphatic carbocycles. The van der Waals surface area contributed by atoms with Crippen molar-refractivity contribution in [1.29, 1.82) is 0 Å². The number of hydrogen-bond donors (Lipinski definition) is 1. The predicted octanol–water partition coefficient (Wildman–Crippen LogP) is 4.32. The molecule has 0 radical (unpaired) electrons. The molecule has 2 aromatic heterocycles. The molecule has 4 heteroatoms. The topological polar surface area (TPSA) is 24.9 Å². The van der Waals surface area contributed by atoms with Gasteiger partial charge in [-0.25, -0.2) is 4.98 Å². The van der Waals surface area contributed by atoms with Crippen LogP contribution < -0.4 is 5.32 Å². The second kappa shape index (κ2) is 6.21. The molecule has 0 amide bonds. The largest absolute Gasteiger partial charge is 0.370 e. The third-order valence-electron chi connectivity index (χ3n) is 2.64. The molecule has 96 valence electrons. The van der Waals surface area contributed by atoms with E-state index in [0.717, 1.165) is 35.2 Å². The van der Waals surface area contributed by atoms with Crippen molar-refractivity contribution >= 4 is 28.8 Å². The number of nitrogens with one attached hydrogen (secondary N) is 1. The molecule has 0 aliphatic heterocycles. The van der Waals surface area contributed by atoms with E-state index in [1.165, 1.54) is 10.4 Å². The Hall–Kier alpha value is -1.06. The van der Waals surface area contributed by atoms with E-state index >= 15 is 0 Å². The number of hydrogen-bond acceptors (Lipinski definition) is 3. The minimum Gasteiger partial charge on any atom is -0.370 e. The van der Waals surface area contributed by atoms with Crippen molar-refractivity contribution in [3.05, 3.63) is 44.7 Å². The maximum absolute atomic E-state index is 5.93. The summed E-state index contributed by atoms with van der Waals surface area (Å²) in [6.45, 7) is 5.09. The average Bonchev–Trinajstić information content (AvgIpc) is 2.72. The molecular weight excluding hydrogens is 264 g/mol. The highest BCUT2D eigenvalue weighted by atomic mass is 35.5. The van der Waals surface area contributed by atoms with Crippen molar-refractivity contribution < 1.29 is 0 Å². The fraction of sp³-hybridized carbons (Fsp3) is 0.357. The zero-order valence-corrected chi connectivity index (χ0v) is 12.2. The molecule has 2 aromatic rings. The highest BCUT2D eigenvalue weighted by molar-refractivity contribution is 7.16. The molecule has 0 atom stereocenters. The first-order valence-corrected chi connectivity index (χ1v) is 7.32. The van der Waals surface area contributed by atoms with Crippen LogP contribution in [0, 0.1) is 6.92 Å². The Morgan fingerprint density at radius 1 is 1.28 bits per heavy atom. The smallest absolute Gasteiger partial charge is 0.126 e. The molecule has 0 aromatic carbocycles. The Balaban J connectivity index is 2.04. The summed E-state index contributed by atoms with van der Waals surface area (Å²) in [6.07, 6.45) is 1.95. The summed E-state index contributed by atoms with van der Waals surface area (Å²) in [6, 6.07) is 8.27. The van der Waals surface area contributed by atoms with Crippen LogP contribution in [0.1, 0.15) is 23.1 Å². The monoisotopic (exact) mass is 280 g/mol. The summed E-state index contributed by atoms with van der Waals surface area (Å²) in [5.74, 6) is 0.969. The number of nitrogens with zero attached hydrogens (tertiary/aromatic N) is 1. The van der Waals surface area contributed by atoms with Crippen molar-refractivity contribution in [2.45, 2.75) is 26.7 Å². The molecule has 0 spiro atoms. The van der Waals surface area contributed by atoms with E-state index in [1.54, 1.807) is 11.3 Å². The number of aromatic nitrogens is 1. The molecule has 18 heavy (non-hydrogen) atoms. The summed E-state index contributed by atoms with van der Waals surface area (Å²) in [4.78, 5) is 5.92. The number of pyridine rings is 1. The van der Waals surface area contributed by atoms with Gasteiger partial charge in [0.1, 0.15) is 5.82 Å².